The van der Waals surface area contributed by atoms with Crippen LogP contribution in [0.4, 0.5) is 0 Å². The maximum Gasteiger partial charge on any atom is 0.222 e. The van der Waals surface area contributed by atoms with Crippen LogP contribution in [0.15, 0.2) is 29.4 Å². The van der Waals surface area contributed by atoms with E-state index in [1.165, 1.54) is 0 Å². The third kappa shape index (κ3) is 7.46. The van der Waals surface area contributed by atoms with Gasteiger partial charge in [-0.3, -0.25) is 14.8 Å². The number of pyridine rings is 1. The molecule has 0 aliphatic carbocycles. The minimum Gasteiger partial charge on any atom is -0.357 e. The van der Waals surface area contributed by atoms with E-state index in [4.69, 9.17) is 0 Å². The molecule has 2 rings (SSSR count). The molecule has 1 amide bonds. The number of halogens is 1. The van der Waals surface area contributed by atoms with Gasteiger partial charge in [0.25, 0.3) is 0 Å². The number of nitrogens with zero attached hydrogens (tertiary/aromatic N) is 3. The lowest BCUT2D eigenvalue weighted by Crippen LogP contribution is -2.38. The van der Waals surface area contributed by atoms with Crippen LogP contribution in [0.1, 0.15) is 31.9 Å². The molecule has 0 radical (unpaired) electrons. The van der Waals surface area contributed by atoms with Crippen LogP contribution in [0.2, 0.25) is 0 Å². The molecule has 1 aliphatic rings. The van der Waals surface area contributed by atoms with Gasteiger partial charge in [0, 0.05) is 57.5 Å². The van der Waals surface area contributed by atoms with Gasteiger partial charge < -0.3 is 15.5 Å². The van der Waals surface area contributed by atoms with Crippen molar-refractivity contribution in [2.45, 2.75) is 32.6 Å². The number of amides is 1. The Balaban J connectivity index is 0.00000288. The van der Waals surface area contributed by atoms with E-state index in [1.807, 2.05) is 29.3 Å². The Kier molecular flexibility index (Phi) is 10.4. The summed E-state index contributed by atoms with van der Waals surface area (Å²) in [7, 11) is 0. The average Bonchev–Trinajstić information content (AvgIpc) is 2.97. The molecule has 0 saturated carbocycles. The van der Waals surface area contributed by atoms with Crippen LogP contribution < -0.4 is 10.6 Å². The fourth-order valence-corrected chi connectivity index (χ4v) is 2.59. The summed E-state index contributed by atoms with van der Waals surface area (Å²) in [6, 6.07) is 5.95. The molecule has 1 fully saturated rings. The maximum atomic E-state index is 11.5. The number of hydrogen-bond donors (Lipinski definition) is 2. The van der Waals surface area contributed by atoms with Crippen molar-refractivity contribution in [3.63, 3.8) is 0 Å². The largest absolute Gasteiger partial charge is 0.357 e. The second-order valence-corrected chi connectivity index (χ2v) is 5.60. The van der Waals surface area contributed by atoms with Gasteiger partial charge in [0.1, 0.15) is 0 Å². The normalized spacial score (nSPS) is 14.5. The van der Waals surface area contributed by atoms with Gasteiger partial charge in [-0.2, -0.15) is 0 Å². The summed E-state index contributed by atoms with van der Waals surface area (Å²) in [4.78, 5) is 22.4. The second-order valence-electron chi connectivity index (χ2n) is 5.60. The predicted molar refractivity (Wildman–Crippen MR) is 108 cm³/mol. The van der Waals surface area contributed by atoms with Crippen LogP contribution >= 0.6 is 24.0 Å². The second kappa shape index (κ2) is 12.0. The van der Waals surface area contributed by atoms with Gasteiger partial charge in [0.05, 0.1) is 0 Å². The summed E-state index contributed by atoms with van der Waals surface area (Å²) >= 11 is 0. The molecule has 1 aromatic rings. The fraction of sp³-hybridized carbons (Fsp3) is 0.588. The molecule has 7 heteroatoms. The van der Waals surface area contributed by atoms with Crippen LogP contribution in [0, 0.1) is 0 Å². The van der Waals surface area contributed by atoms with Gasteiger partial charge in [-0.25, -0.2) is 0 Å². The smallest absolute Gasteiger partial charge is 0.222 e. The van der Waals surface area contributed by atoms with Gasteiger partial charge in [0.2, 0.25) is 5.91 Å². The molecule has 1 aromatic heterocycles. The highest BCUT2D eigenvalue weighted by molar-refractivity contribution is 14.0. The molecule has 6 nitrogen and oxygen atoms in total. The third-order valence-corrected chi connectivity index (χ3v) is 3.77. The summed E-state index contributed by atoms with van der Waals surface area (Å²) in [5.74, 6) is 1.12. The lowest BCUT2D eigenvalue weighted by molar-refractivity contribution is -0.127. The number of likely N-dealkylation sites (tertiary alicyclic amines) is 1. The molecule has 1 aliphatic heterocycles. The molecular formula is C17H28IN5O. The highest BCUT2D eigenvalue weighted by Gasteiger charge is 2.18. The van der Waals surface area contributed by atoms with Crippen LogP contribution in [0.5, 0.6) is 0 Å². The molecule has 2 N–H and O–H groups in total. The van der Waals surface area contributed by atoms with Gasteiger partial charge in [-0.05, 0) is 31.9 Å². The van der Waals surface area contributed by atoms with Crippen LogP contribution in [-0.2, 0) is 11.2 Å². The van der Waals surface area contributed by atoms with Crippen LogP contribution in [-0.4, -0.2) is 54.5 Å². The van der Waals surface area contributed by atoms with Gasteiger partial charge in [0.15, 0.2) is 5.96 Å². The summed E-state index contributed by atoms with van der Waals surface area (Å²) < 4.78 is 0. The molecule has 0 spiro atoms. The van der Waals surface area contributed by atoms with Gasteiger partial charge in [-0.1, -0.05) is 6.07 Å². The molecule has 24 heavy (non-hydrogen) atoms. The predicted octanol–water partition coefficient (Wildman–Crippen LogP) is 1.81. The quantitative estimate of drug-likeness (QED) is 0.277. The van der Waals surface area contributed by atoms with Crippen molar-refractivity contribution in [3.8, 4) is 0 Å². The van der Waals surface area contributed by atoms with Crippen molar-refractivity contribution in [2.24, 2.45) is 4.99 Å². The standard InChI is InChI=1S/C17H27N5O.HI/c1-2-18-17(21-12-9-15-7-3-4-10-19-15)20-11-6-14-22-13-5-8-16(22)23;/h3-4,7,10H,2,5-6,8-9,11-14H2,1H3,(H2,18,20,21);1H. The first-order chi connectivity index (χ1) is 11.3. The number of carbonyl (C=O) groups excluding carboxylic acids is 1. The zero-order chi connectivity index (χ0) is 16.3. The van der Waals surface area contributed by atoms with E-state index in [0.717, 1.165) is 63.6 Å². The maximum absolute atomic E-state index is 11.5. The zero-order valence-electron chi connectivity index (χ0n) is 14.3. The Morgan fingerprint density at radius 2 is 2.25 bits per heavy atom. The number of aromatic nitrogens is 1. The molecule has 1 saturated heterocycles. The lowest BCUT2D eigenvalue weighted by atomic mass is 10.3. The van der Waals surface area contributed by atoms with E-state index in [-0.39, 0.29) is 29.9 Å². The van der Waals surface area contributed by atoms with E-state index in [0.29, 0.717) is 6.42 Å². The Morgan fingerprint density at radius 3 is 2.92 bits per heavy atom. The first kappa shape index (κ1) is 20.7. The molecular weight excluding hydrogens is 417 g/mol. The van der Waals surface area contributed by atoms with E-state index in [2.05, 4.69) is 27.5 Å². The van der Waals surface area contributed by atoms with Crippen LogP contribution in [0.25, 0.3) is 0 Å². The number of carbonyl (C=O) groups is 1. The number of rotatable bonds is 8. The van der Waals surface area contributed by atoms with Gasteiger partial charge >= 0.3 is 0 Å². The topological polar surface area (TPSA) is 69.6 Å². The Labute approximate surface area is 161 Å². The molecule has 0 aromatic carbocycles. The SMILES string of the molecule is CCNC(=NCCCN1CCCC1=O)NCCc1ccccn1.I. The summed E-state index contributed by atoms with van der Waals surface area (Å²) in [6.45, 7) is 6.13. The lowest BCUT2D eigenvalue weighted by Gasteiger charge is -2.15. The van der Waals surface area contributed by atoms with Crippen molar-refractivity contribution in [3.05, 3.63) is 30.1 Å². The first-order valence-corrected chi connectivity index (χ1v) is 8.49. The highest BCUT2D eigenvalue weighted by atomic mass is 127. The van der Waals surface area contributed by atoms with Crippen molar-refractivity contribution in [2.75, 3.05) is 32.7 Å². The monoisotopic (exact) mass is 445 g/mol. The third-order valence-electron chi connectivity index (χ3n) is 3.77. The Hall–Kier alpha value is -1.38. The first-order valence-electron chi connectivity index (χ1n) is 8.49. The van der Waals surface area contributed by atoms with E-state index in [9.17, 15) is 4.79 Å². The average molecular weight is 445 g/mol. The van der Waals surface area contributed by atoms with Crippen molar-refractivity contribution in [1.82, 2.24) is 20.5 Å². The Morgan fingerprint density at radius 1 is 1.38 bits per heavy atom. The number of aliphatic imine (C=N–C) groups is 1. The molecule has 134 valence electrons. The molecule has 2 heterocycles. The van der Waals surface area contributed by atoms with E-state index < -0.39 is 0 Å². The minimum atomic E-state index is 0. The summed E-state index contributed by atoms with van der Waals surface area (Å²) in [5, 5.41) is 6.57. The van der Waals surface area contributed by atoms with Crippen molar-refractivity contribution < 1.29 is 4.79 Å². The highest BCUT2D eigenvalue weighted by Crippen LogP contribution is 2.09. The zero-order valence-corrected chi connectivity index (χ0v) is 16.7. The Bertz CT molecular complexity index is 509. The number of guanidine groups is 1. The summed E-state index contributed by atoms with van der Waals surface area (Å²) in [5.41, 5.74) is 1.07. The van der Waals surface area contributed by atoms with Crippen molar-refractivity contribution >= 4 is 35.8 Å². The number of nitrogens with one attached hydrogen (secondary N) is 2. The number of hydrogen-bond acceptors (Lipinski definition) is 3. The van der Waals surface area contributed by atoms with E-state index in [1.54, 1.807) is 0 Å². The molecule has 0 bridgehead atoms. The fourth-order valence-electron chi connectivity index (χ4n) is 2.59. The van der Waals surface area contributed by atoms with Gasteiger partial charge in [-0.15, -0.1) is 24.0 Å². The minimum absolute atomic E-state index is 0. The van der Waals surface area contributed by atoms with E-state index >= 15 is 0 Å². The molecule has 0 atom stereocenters. The van der Waals surface area contributed by atoms with Crippen LogP contribution in [0.3, 0.4) is 0 Å². The molecule has 0 unspecified atom stereocenters. The summed E-state index contributed by atoms with van der Waals surface area (Å²) in [6.07, 6.45) is 5.30. The van der Waals surface area contributed by atoms with Crippen molar-refractivity contribution in [1.29, 1.82) is 0 Å².